The Labute approximate surface area is 217 Å². The standard InChI is InChI=1S/C13H21N3.C10H12N2O.C4H8O.C2H6/c1-3-4-12-11(2)15-6-5-13(12)16-9-7-14-8-10-16;1-3-7-4-8-6-12(2)11-9(8)5-10(7)13;1-2-3-4-5;1-2/h5-6,14H,3-4,7-10H2,1-2H3;4-6,13H,3H2,1-2H3;4H,2-3H2,1H3;1-2H3. The van der Waals surface area contributed by atoms with Gasteiger partial charge in [0.25, 0.3) is 0 Å². The lowest BCUT2D eigenvalue weighted by Crippen LogP contribution is -2.44. The third-order valence-corrected chi connectivity index (χ3v) is 5.81. The number of phenolic OH excluding ortho intramolecular Hbond substituents is 1. The van der Waals surface area contributed by atoms with Gasteiger partial charge in [0, 0.05) is 74.9 Å². The average Bonchev–Trinajstić information content (AvgIpc) is 3.26. The molecule has 4 rings (SSSR count). The number of piperazine rings is 1. The highest BCUT2D eigenvalue weighted by molar-refractivity contribution is 5.80. The lowest BCUT2D eigenvalue weighted by Gasteiger charge is -2.31. The monoisotopic (exact) mass is 497 g/mol. The van der Waals surface area contributed by atoms with Gasteiger partial charge >= 0.3 is 0 Å². The summed E-state index contributed by atoms with van der Waals surface area (Å²) in [6, 6.07) is 5.87. The van der Waals surface area contributed by atoms with Crippen molar-refractivity contribution in [3.63, 3.8) is 0 Å². The highest BCUT2D eigenvalue weighted by atomic mass is 16.3. The van der Waals surface area contributed by atoms with E-state index in [0.717, 1.165) is 68.2 Å². The van der Waals surface area contributed by atoms with E-state index in [1.54, 1.807) is 10.7 Å². The summed E-state index contributed by atoms with van der Waals surface area (Å²) in [7, 11) is 1.88. The molecule has 0 atom stereocenters. The van der Waals surface area contributed by atoms with Gasteiger partial charge in [-0.1, -0.05) is 41.0 Å². The quantitative estimate of drug-likeness (QED) is 0.431. The number of fused-ring (bicyclic) bond motifs is 1. The Morgan fingerprint density at radius 3 is 2.36 bits per heavy atom. The van der Waals surface area contributed by atoms with Crippen molar-refractivity contribution < 1.29 is 9.90 Å². The van der Waals surface area contributed by atoms with Crippen LogP contribution >= 0.6 is 0 Å². The van der Waals surface area contributed by atoms with Crippen molar-refractivity contribution in [1.82, 2.24) is 20.1 Å². The lowest BCUT2D eigenvalue weighted by atomic mass is 10.1. The molecule has 0 spiro atoms. The van der Waals surface area contributed by atoms with Gasteiger partial charge in [-0.05, 0) is 49.4 Å². The Morgan fingerprint density at radius 1 is 1.11 bits per heavy atom. The van der Waals surface area contributed by atoms with Gasteiger partial charge in [0.2, 0.25) is 0 Å². The van der Waals surface area contributed by atoms with Gasteiger partial charge in [-0.25, -0.2) is 0 Å². The maximum Gasteiger partial charge on any atom is 0.121 e. The summed E-state index contributed by atoms with van der Waals surface area (Å²) in [4.78, 5) is 16.3. The summed E-state index contributed by atoms with van der Waals surface area (Å²) < 4.78 is 1.75. The van der Waals surface area contributed by atoms with Gasteiger partial charge in [0.15, 0.2) is 0 Å². The van der Waals surface area contributed by atoms with E-state index in [1.165, 1.54) is 23.4 Å². The summed E-state index contributed by atoms with van der Waals surface area (Å²) >= 11 is 0. The number of carbonyl (C=O) groups excluding carboxylic acids is 1. The van der Waals surface area contributed by atoms with Crippen molar-refractivity contribution in [2.24, 2.45) is 7.05 Å². The second kappa shape index (κ2) is 17.5. The minimum atomic E-state index is 0.341. The first-order valence-electron chi connectivity index (χ1n) is 13.4. The number of phenols is 1. The third kappa shape index (κ3) is 9.61. The number of aromatic hydroxyl groups is 1. The van der Waals surface area contributed by atoms with Gasteiger partial charge in [0.05, 0.1) is 5.52 Å². The number of aryl methyl sites for hydroxylation is 3. The Balaban J connectivity index is 0.000000291. The van der Waals surface area contributed by atoms with Gasteiger partial charge in [-0.2, -0.15) is 5.10 Å². The molecule has 0 bridgehead atoms. The number of unbranched alkanes of at least 4 members (excludes halogenated alkanes) is 1. The molecule has 1 saturated heterocycles. The highest BCUT2D eigenvalue weighted by Gasteiger charge is 2.15. The molecule has 3 aromatic rings. The molecular formula is C29H47N5O2. The van der Waals surface area contributed by atoms with Crippen LogP contribution in [-0.4, -0.2) is 52.3 Å². The van der Waals surface area contributed by atoms with Crippen LogP contribution in [0.1, 0.15) is 70.7 Å². The van der Waals surface area contributed by atoms with Gasteiger partial charge in [0.1, 0.15) is 12.0 Å². The van der Waals surface area contributed by atoms with E-state index in [4.69, 9.17) is 0 Å². The van der Waals surface area contributed by atoms with Crippen LogP contribution in [0.4, 0.5) is 5.69 Å². The van der Waals surface area contributed by atoms with Crippen LogP contribution in [0.2, 0.25) is 0 Å². The van der Waals surface area contributed by atoms with Crippen LogP contribution in [0.3, 0.4) is 0 Å². The first-order chi connectivity index (χ1) is 17.4. The molecule has 1 fully saturated rings. The molecule has 0 amide bonds. The molecule has 1 aliphatic rings. The molecule has 0 saturated carbocycles. The molecule has 2 N–H and O–H groups in total. The van der Waals surface area contributed by atoms with Gasteiger partial charge in [-0.15, -0.1) is 0 Å². The van der Waals surface area contributed by atoms with Gasteiger partial charge < -0.3 is 20.1 Å². The number of hydrogen-bond acceptors (Lipinski definition) is 6. The summed E-state index contributed by atoms with van der Waals surface area (Å²) in [5.74, 6) is 0.341. The van der Waals surface area contributed by atoms with E-state index in [0.29, 0.717) is 12.2 Å². The summed E-state index contributed by atoms with van der Waals surface area (Å²) in [5.41, 5.74) is 5.85. The predicted molar refractivity (Wildman–Crippen MR) is 152 cm³/mol. The number of hydrogen-bond donors (Lipinski definition) is 2. The molecule has 1 aliphatic heterocycles. The van der Waals surface area contributed by atoms with E-state index in [-0.39, 0.29) is 0 Å². The zero-order valence-corrected chi connectivity index (χ0v) is 23.5. The summed E-state index contributed by atoms with van der Waals surface area (Å²) in [5, 5.41) is 18.2. The number of nitrogens with zero attached hydrogens (tertiary/aromatic N) is 4. The Kier molecular flexibility index (Phi) is 15.1. The largest absolute Gasteiger partial charge is 0.508 e. The van der Waals surface area contributed by atoms with Crippen LogP contribution in [0.15, 0.2) is 30.6 Å². The fourth-order valence-corrected chi connectivity index (χ4v) is 3.98. The number of anilines is 1. The molecule has 36 heavy (non-hydrogen) atoms. The van der Waals surface area contributed by atoms with Crippen LogP contribution < -0.4 is 10.2 Å². The van der Waals surface area contributed by atoms with Crippen LogP contribution in [0.25, 0.3) is 10.9 Å². The Bertz CT molecular complexity index is 1030. The maximum atomic E-state index is 9.57. The maximum absolute atomic E-state index is 9.57. The van der Waals surface area contributed by atoms with Crippen LogP contribution in [0, 0.1) is 6.92 Å². The number of benzene rings is 1. The Hall–Kier alpha value is -2.93. The fourth-order valence-electron chi connectivity index (χ4n) is 3.98. The average molecular weight is 498 g/mol. The first-order valence-corrected chi connectivity index (χ1v) is 13.4. The molecule has 1 aromatic carbocycles. The molecule has 0 unspecified atom stereocenters. The Morgan fingerprint density at radius 2 is 1.81 bits per heavy atom. The lowest BCUT2D eigenvalue weighted by molar-refractivity contribution is -0.107. The van der Waals surface area contributed by atoms with Crippen molar-refractivity contribution in [2.45, 2.75) is 73.6 Å². The molecular weight excluding hydrogens is 450 g/mol. The third-order valence-electron chi connectivity index (χ3n) is 5.81. The molecule has 200 valence electrons. The number of rotatable bonds is 6. The zero-order valence-electron chi connectivity index (χ0n) is 23.5. The van der Waals surface area contributed by atoms with E-state index in [1.807, 2.05) is 53.2 Å². The second-order valence-electron chi connectivity index (χ2n) is 8.53. The zero-order chi connectivity index (χ0) is 26.9. The molecule has 0 aliphatic carbocycles. The minimum absolute atomic E-state index is 0.341. The number of aldehydes is 1. The predicted octanol–water partition coefficient (Wildman–Crippen LogP) is 5.61. The molecule has 3 heterocycles. The van der Waals surface area contributed by atoms with Crippen molar-refractivity contribution >= 4 is 22.9 Å². The fraction of sp³-hybridized carbons (Fsp3) is 0.552. The van der Waals surface area contributed by atoms with Gasteiger partial charge in [-0.3, -0.25) is 9.67 Å². The topological polar surface area (TPSA) is 83.3 Å². The van der Waals surface area contributed by atoms with E-state index < -0.39 is 0 Å². The molecule has 2 aromatic heterocycles. The normalized spacial score (nSPS) is 12.5. The molecule has 0 radical (unpaired) electrons. The number of aromatic nitrogens is 3. The summed E-state index contributed by atoms with van der Waals surface area (Å²) in [6.07, 6.45) is 9.67. The van der Waals surface area contributed by atoms with E-state index in [9.17, 15) is 9.90 Å². The van der Waals surface area contributed by atoms with Crippen LogP contribution in [-0.2, 0) is 24.7 Å². The molecule has 7 nitrogen and oxygen atoms in total. The van der Waals surface area contributed by atoms with Crippen molar-refractivity contribution in [2.75, 3.05) is 31.1 Å². The van der Waals surface area contributed by atoms with E-state index in [2.05, 4.69) is 40.2 Å². The minimum Gasteiger partial charge on any atom is -0.508 e. The number of carbonyl (C=O) groups is 1. The van der Waals surface area contributed by atoms with Crippen molar-refractivity contribution in [1.29, 1.82) is 0 Å². The SMILES string of the molecule is CC.CCCC=O.CCCc1c(N2CCNCC2)ccnc1C.CCc1cc2cn(C)nc2cc1O. The van der Waals surface area contributed by atoms with Crippen molar-refractivity contribution in [3.8, 4) is 5.75 Å². The highest BCUT2D eigenvalue weighted by Crippen LogP contribution is 2.25. The van der Waals surface area contributed by atoms with Crippen LogP contribution in [0.5, 0.6) is 5.75 Å². The molecule has 7 heteroatoms. The number of pyridine rings is 1. The summed E-state index contributed by atoms with van der Waals surface area (Å²) in [6.45, 7) is 16.8. The number of nitrogens with one attached hydrogen (secondary N) is 1. The first kappa shape index (κ1) is 31.1. The smallest absolute Gasteiger partial charge is 0.121 e. The second-order valence-corrected chi connectivity index (χ2v) is 8.53. The van der Waals surface area contributed by atoms with Crippen molar-refractivity contribution in [3.05, 3.63) is 47.4 Å². The van der Waals surface area contributed by atoms with E-state index >= 15 is 0 Å².